The molecule has 1 fully saturated rings. The molecule has 104 valence electrons. The molecule has 0 radical (unpaired) electrons. The molecule has 1 aromatic rings. The number of halogens is 1. The lowest BCUT2D eigenvalue weighted by Crippen LogP contribution is -2.22. The molecular weight excluding hydrogens is 247 g/mol. The summed E-state index contributed by atoms with van der Waals surface area (Å²) < 4.78 is 18.7. The van der Waals surface area contributed by atoms with E-state index in [1.165, 1.54) is 19.2 Å². The van der Waals surface area contributed by atoms with Gasteiger partial charge in [-0.3, -0.25) is 0 Å². The van der Waals surface area contributed by atoms with Crippen molar-refractivity contribution in [2.24, 2.45) is 11.8 Å². The fraction of sp³-hybridized carbons (Fsp3) is 0.500. The molecule has 4 nitrogen and oxygen atoms in total. The van der Waals surface area contributed by atoms with E-state index in [1.807, 2.05) is 4.90 Å². The van der Waals surface area contributed by atoms with Crippen LogP contribution in [0.2, 0.25) is 0 Å². The monoisotopic (exact) mass is 266 g/mol. The zero-order chi connectivity index (χ0) is 14.2. The first-order valence-corrected chi connectivity index (χ1v) is 6.36. The van der Waals surface area contributed by atoms with E-state index in [0.29, 0.717) is 17.5 Å². The maximum atomic E-state index is 14.0. The Balaban J connectivity index is 2.38. The topological polar surface area (TPSA) is 55.6 Å². The van der Waals surface area contributed by atoms with Crippen LogP contribution in [-0.2, 0) is 4.74 Å². The normalized spacial score (nSPS) is 22.6. The van der Waals surface area contributed by atoms with Crippen LogP contribution in [0.3, 0.4) is 0 Å². The molecule has 2 atom stereocenters. The second kappa shape index (κ2) is 5.07. The number of methoxy groups -OCH3 is 1. The van der Waals surface area contributed by atoms with E-state index in [4.69, 9.17) is 5.73 Å². The molecule has 0 aliphatic carbocycles. The molecule has 19 heavy (non-hydrogen) atoms. The molecule has 0 aromatic heterocycles. The summed E-state index contributed by atoms with van der Waals surface area (Å²) in [6.45, 7) is 5.84. The summed E-state index contributed by atoms with van der Waals surface area (Å²) in [5.74, 6) is 0.0579. The quantitative estimate of drug-likeness (QED) is 0.659. The smallest absolute Gasteiger partial charge is 0.340 e. The van der Waals surface area contributed by atoms with Crippen molar-refractivity contribution in [2.75, 3.05) is 30.8 Å². The van der Waals surface area contributed by atoms with Crippen LogP contribution < -0.4 is 10.6 Å². The van der Waals surface area contributed by atoms with Gasteiger partial charge in [0.2, 0.25) is 0 Å². The third kappa shape index (κ3) is 2.50. The van der Waals surface area contributed by atoms with Gasteiger partial charge in [0.05, 0.1) is 18.4 Å². The maximum absolute atomic E-state index is 14.0. The number of esters is 1. The van der Waals surface area contributed by atoms with Gasteiger partial charge in [0, 0.05) is 18.8 Å². The van der Waals surface area contributed by atoms with Gasteiger partial charge in [0.1, 0.15) is 5.82 Å². The lowest BCUT2D eigenvalue weighted by atomic mass is 10.0. The lowest BCUT2D eigenvalue weighted by molar-refractivity contribution is 0.0602. The first kappa shape index (κ1) is 13.6. The van der Waals surface area contributed by atoms with Crippen LogP contribution in [-0.4, -0.2) is 26.2 Å². The van der Waals surface area contributed by atoms with Gasteiger partial charge in [0.15, 0.2) is 0 Å². The number of rotatable bonds is 2. The van der Waals surface area contributed by atoms with Crippen molar-refractivity contribution in [3.05, 3.63) is 23.5 Å². The van der Waals surface area contributed by atoms with Crippen LogP contribution in [0, 0.1) is 17.7 Å². The number of benzene rings is 1. The second-order valence-corrected chi connectivity index (χ2v) is 5.24. The molecule has 2 rings (SSSR count). The Morgan fingerprint density at radius 1 is 1.37 bits per heavy atom. The fourth-order valence-electron chi connectivity index (χ4n) is 2.43. The van der Waals surface area contributed by atoms with Gasteiger partial charge in [0.25, 0.3) is 0 Å². The lowest BCUT2D eigenvalue weighted by Gasteiger charge is -2.20. The minimum atomic E-state index is -0.543. The highest BCUT2D eigenvalue weighted by molar-refractivity contribution is 5.96. The number of anilines is 2. The zero-order valence-corrected chi connectivity index (χ0v) is 11.4. The standard InChI is InChI=1S/C14H19FN2O2/c1-8-6-17(7-9(8)2)13-4-10(14(18)19-3)12(16)5-11(13)15/h4-5,8-9H,6-7,16H2,1-3H3. The molecule has 1 aliphatic heterocycles. The average molecular weight is 266 g/mol. The van der Waals surface area contributed by atoms with Crippen molar-refractivity contribution in [3.63, 3.8) is 0 Å². The van der Waals surface area contributed by atoms with Crippen LogP contribution in [0.5, 0.6) is 0 Å². The highest BCUT2D eigenvalue weighted by Crippen LogP contribution is 2.32. The molecule has 2 unspecified atom stereocenters. The molecule has 2 N–H and O–H groups in total. The summed E-state index contributed by atoms with van der Waals surface area (Å²) in [5, 5.41) is 0. The summed E-state index contributed by atoms with van der Waals surface area (Å²) in [4.78, 5) is 13.6. The Morgan fingerprint density at radius 3 is 2.47 bits per heavy atom. The number of nitrogens with two attached hydrogens (primary N) is 1. The Morgan fingerprint density at radius 2 is 1.95 bits per heavy atom. The summed E-state index contributed by atoms with van der Waals surface area (Å²) in [5.41, 5.74) is 6.40. The number of carbonyl (C=O) groups is 1. The van der Waals surface area contributed by atoms with Crippen LogP contribution in [0.15, 0.2) is 12.1 Å². The minimum absolute atomic E-state index is 0.105. The van der Waals surface area contributed by atoms with Gasteiger partial charge in [-0.2, -0.15) is 0 Å². The summed E-state index contributed by atoms with van der Waals surface area (Å²) in [7, 11) is 1.28. The Kier molecular flexibility index (Phi) is 3.64. The van der Waals surface area contributed by atoms with E-state index in [-0.39, 0.29) is 11.3 Å². The third-order valence-electron chi connectivity index (χ3n) is 3.85. The van der Waals surface area contributed by atoms with E-state index >= 15 is 0 Å². The van der Waals surface area contributed by atoms with Gasteiger partial charge in [-0.25, -0.2) is 9.18 Å². The van der Waals surface area contributed by atoms with Crippen molar-refractivity contribution in [1.82, 2.24) is 0 Å². The van der Waals surface area contributed by atoms with Gasteiger partial charge in [-0.1, -0.05) is 13.8 Å². The van der Waals surface area contributed by atoms with E-state index in [2.05, 4.69) is 18.6 Å². The number of ether oxygens (including phenoxy) is 1. The Bertz CT molecular complexity index is 494. The summed E-state index contributed by atoms with van der Waals surface area (Å²) >= 11 is 0. The Hall–Kier alpha value is -1.78. The molecule has 5 heteroatoms. The molecule has 1 heterocycles. The molecule has 1 saturated heterocycles. The number of nitrogen functional groups attached to an aromatic ring is 1. The molecule has 0 amide bonds. The third-order valence-corrected chi connectivity index (χ3v) is 3.85. The van der Waals surface area contributed by atoms with Crippen molar-refractivity contribution in [2.45, 2.75) is 13.8 Å². The first-order valence-electron chi connectivity index (χ1n) is 6.36. The fourth-order valence-corrected chi connectivity index (χ4v) is 2.43. The molecule has 0 saturated carbocycles. The number of nitrogens with zero attached hydrogens (tertiary/aromatic N) is 1. The van der Waals surface area contributed by atoms with Crippen LogP contribution in [0.1, 0.15) is 24.2 Å². The molecular formula is C14H19FN2O2. The minimum Gasteiger partial charge on any atom is -0.465 e. The molecule has 1 aliphatic rings. The van der Waals surface area contributed by atoms with E-state index in [0.717, 1.165) is 13.1 Å². The number of carbonyl (C=O) groups excluding carboxylic acids is 1. The predicted octanol–water partition coefficient (Wildman–Crippen LogP) is 2.29. The maximum Gasteiger partial charge on any atom is 0.340 e. The summed E-state index contributed by atoms with van der Waals surface area (Å²) in [6, 6.07) is 2.68. The van der Waals surface area contributed by atoms with Gasteiger partial charge in [-0.05, 0) is 24.0 Å². The van der Waals surface area contributed by atoms with Crippen LogP contribution >= 0.6 is 0 Å². The molecule has 0 bridgehead atoms. The zero-order valence-electron chi connectivity index (χ0n) is 11.4. The van der Waals surface area contributed by atoms with E-state index in [9.17, 15) is 9.18 Å². The predicted molar refractivity (Wildman–Crippen MR) is 72.7 cm³/mol. The van der Waals surface area contributed by atoms with Crippen LogP contribution in [0.25, 0.3) is 0 Å². The Labute approximate surface area is 112 Å². The van der Waals surface area contributed by atoms with E-state index < -0.39 is 11.8 Å². The second-order valence-electron chi connectivity index (χ2n) is 5.24. The SMILES string of the molecule is COC(=O)c1cc(N2CC(C)C(C)C2)c(F)cc1N. The number of hydrogen-bond donors (Lipinski definition) is 1. The summed E-state index contributed by atoms with van der Waals surface area (Å²) in [6.07, 6.45) is 0. The largest absolute Gasteiger partial charge is 0.465 e. The van der Waals surface area contributed by atoms with Gasteiger partial charge in [-0.15, -0.1) is 0 Å². The average Bonchev–Trinajstić information content (AvgIpc) is 2.68. The van der Waals surface area contributed by atoms with Crippen molar-refractivity contribution < 1.29 is 13.9 Å². The molecule has 1 aromatic carbocycles. The van der Waals surface area contributed by atoms with Gasteiger partial charge < -0.3 is 15.4 Å². The van der Waals surface area contributed by atoms with Crippen molar-refractivity contribution in [3.8, 4) is 0 Å². The highest BCUT2D eigenvalue weighted by Gasteiger charge is 2.28. The van der Waals surface area contributed by atoms with Crippen LogP contribution in [0.4, 0.5) is 15.8 Å². The van der Waals surface area contributed by atoms with Crippen molar-refractivity contribution >= 4 is 17.3 Å². The van der Waals surface area contributed by atoms with Gasteiger partial charge >= 0.3 is 5.97 Å². The highest BCUT2D eigenvalue weighted by atomic mass is 19.1. The van der Waals surface area contributed by atoms with E-state index in [1.54, 1.807) is 0 Å². The first-order chi connectivity index (χ1) is 8.93. The van der Waals surface area contributed by atoms with Crippen molar-refractivity contribution in [1.29, 1.82) is 0 Å². The molecule has 0 spiro atoms. The number of hydrogen-bond acceptors (Lipinski definition) is 4.